The van der Waals surface area contributed by atoms with Gasteiger partial charge < -0.3 is 10.5 Å². The maximum absolute atomic E-state index is 13.2. The van der Waals surface area contributed by atoms with Gasteiger partial charge in [-0.2, -0.15) is 24.3 Å². The first-order chi connectivity index (χ1) is 10.6. The molecule has 0 radical (unpaired) electrons. The Labute approximate surface area is 160 Å². The molecule has 0 bridgehead atoms. The van der Waals surface area contributed by atoms with E-state index in [4.69, 9.17) is 10.5 Å². The summed E-state index contributed by atoms with van der Waals surface area (Å²) in [5.74, 6) is -0.607. The fourth-order valence-electron chi connectivity index (χ4n) is 3.08. The molecule has 0 aromatic heterocycles. The van der Waals surface area contributed by atoms with Crippen LogP contribution < -0.4 is 5.73 Å². The first kappa shape index (κ1) is 18.2. The standard InChI is InChI=1S/C18H17FNO2.Y/c19-15-9-7-14(8-10-15)18(11-3-6-17(20)21)16-5-2-1-4-13(16)12-22-18;/h2,4-5,7-10H,3,6,11-12H2,(H2,20,21);/q-1;+3. The molecule has 0 spiro atoms. The number of fused-ring (bicyclic) bond motifs is 1. The van der Waals surface area contributed by atoms with Gasteiger partial charge in [0.25, 0.3) is 0 Å². The Bertz CT molecular complexity index is 690. The third-order valence-electron chi connectivity index (χ3n) is 4.12. The molecule has 3 nitrogen and oxygen atoms in total. The summed E-state index contributed by atoms with van der Waals surface area (Å²) < 4.78 is 19.4. The SMILES string of the molecule is NC(=O)CCCC1(c2ccc(F)cc2)OCc2c[c-]ccc21.[Y+3]. The molecule has 5 heteroatoms. The maximum atomic E-state index is 13.2. The van der Waals surface area contributed by atoms with E-state index in [1.54, 1.807) is 12.1 Å². The van der Waals surface area contributed by atoms with Crippen LogP contribution in [0.4, 0.5) is 4.39 Å². The van der Waals surface area contributed by atoms with E-state index >= 15 is 0 Å². The second kappa shape index (κ2) is 7.65. The summed E-state index contributed by atoms with van der Waals surface area (Å²) in [5.41, 5.74) is 7.62. The maximum Gasteiger partial charge on any atom is 3.00 e. The zero-order valence-corrected chi connectivity index (χ0v) is 15.6. The van der Waals surface area contributed by atoms with E-state index in [1.807, 2.05) is 18.2 Å². The largest absolute Gasteiger partial charge is 3.00 e. The Morgan fingerprint density at radius 1 is 1.30 bits per heavy atom. The number of nitrogens with two attached hydrogens (primary N) is 1. The van der Waals surface area contributed by atoms with Gasteiger partial charge in [-0.15, -0.1) is 11.1 Å². The zero-order chi connectivity index (χ0) is 15.6. The van der Waals surface area contributed by atoms with Crippen molar-refractivity contribution in [2.24, 2.45) is 5.73 Å². The van der Waals surface area contributed by atoms with Crippen LogP contribution in [0.2, 0.25) is 0 Å². The molecule has 1 atom stereocenters. The number of carbonyl (C=O) groups excluding carboxylic acids is 1. The number of hydrogen-bond acceptors (Lipinski definition) is 2. The smallest absolute Gasteiger partial charge is 0.375 e. The molecule has 1 heterocycles. The summed E-state index contributed by atoms with van der Waals surface area (Å²) in [4.78, 5) is 11.0. The second-order valence-electron chi connectivity index (χ2n) is 5.53. The first-order valence-electron chi connectivity index (χ1n) is 7.29. The molecule has 1 aliphatic heterocycles. The molecule has 1 aliphatic rings. The molecular formula is C18H17FNO2Y+2. The van der Waals surface area contributed by atoms with Crippen LogP contribution in [0.15, 0.2) is 42.5 Å². The topological polar surface area (TPSA) is 52.3 Å². The Morgan fingerprint density at radius 3 is 2.74 bits per heavy atom. The van der Waals surface area contributed by atoms with Gasteiger partial charge in [0.1, 0.15) is 5.82 Å². The molecule has 0 saturated carbocycles. The van der Waals surface area contributed by atoms with Crippen LogP contribution in [-0.2, 0) is 54.4 Å². The number of amides is 1. The monoisotopic (exact) mass is 387 g/mol. The molecular weight excluding hydrogens is 370 g/mol. The van der Waals surface area contributed by atoms with E-state index in [0.29, 0.717) is 25.9 Å². The normalized spacial score (nSPS) is 19.0. The van der Waals surface area contributed by atoms with Crippen molar-refractivity contribution in [3.8, 4) is 0 Å². The quantitative estimate of drug-likeness (QED) is 0.802. The summed E-state index contributed by atoms with van der Waals surface area (Å²) in [6.45, 7) is 0.487. The minimum absolute atomic E-state index is 0. The molecule has 0 fully saturated rings. The summed E-state index contributed by atoms with van der Waals surface area (Å²) in [6, 6.07) is 15.1. The summed E-state index contributed by atoms with van der Waals surface area (Å²) in [6.07, 6.45) is 1.55. The first-order valence-corrected chi connectivity index (χ1v) is 7.29. The third kappa shape index (κ3) is 3.70. The van der Waals surface area contributed by atoms with E-state index in [2.05, 4.69) is 6.07 Å². The summed E-state index contributed by atoms with van der Waals surface area (Å²) in [7, 11) is 0. The number of primary amides is 1. The second-order valence-corrected chi connectivity index (χ2v) is 5.53. The van der Waals surface area contributed by atoms with E-state index in [-0.39, 0.29) is 44.4 Å². The van der Waals surface area contributed by atoms with Crippen LogP contribution in [0.3, 0.4) is 0 Å². The van der Waals surface area contributed by atoms with Gasteiger partial charge in [-0.3, -0.25) is 4.79 Å². The minimum atomic E-state index is -0.645. The van der Waals surface area contributed by atoms with Crippen LogP contribution in [-0.4, -0.2) is 5.91 Å². The molecule has 2 aromatic rings. The molecule has 2 aromatic carbocycles. The van der Waals surface area contributed by atoms with Gasteiger partial charge in [0, 0.05) is 13.0 Å². The van der Waals surface area contributed by atoms with Crippen LogP contribution in [0, 0.1) is 11.9 Å². The van der Waals surface area contributed by atoms with E-state index in [0.717, 1.165) is 16.7 Å². The number of benzene rings is 2. The Kier molecular flexibility index (Phi) is 6.07. The number of rotatable bonds is 5. The van der Waals surface area contributed by atoms with Gasteiger partial charge in [-0.25, -0.2) is 4.39 Å². The van der Waals surface area contributed by atoms with Gasteiger partial charge in [0.2, 0.25) is 5.91 Å². The number of hydrogen-bond donors (Lipinski definition) is 1. The average Bonchev–Trinajstić information content (AvgIpc) is 2.88. The zero-order valence-electron chi connectivity index (χ0n) is 12.7. The van der Waals surface area contributed by atoms with Crippen molar-refractivity contribution >= 4 is 5.91 Å². The third-order valence-corrected chi connectivity index (χ3v) is 4.12. The predicted octanol–water partition coefficient (Wildman–Crippen LogP) is 3.05. The van der Waals surface area contributed by atoms with E-state index in [9.17, 15) is 9.18 Å². The van der Waals surface area contributed by atoms with Gasteiger partial charge in [0.05, 0.1) is 5.60 Å². The Hall–Kier alpha value is -1.10. The van der Waals surface area contributed by atoms with Crippen molar-refractivity contribution in [2.45, 2.75) is 31.5 Å². The molecule has 0 saturated heterocycles. The summed E-state index contributed by atoms with van der Waals surface area (Å²) in [5, 5.41) is 0. The van der Waals surface area contributed by atoms with Crippen LogP contribution in [0.25, 0.3) is 0 Å². The van der Waals surface area contributed by atoms with Gasteiger partial charge in [-0.05, 0) is 30.5 Å². The minimum Gasteiger partial charge on any atom is -0.375 e. The number of halogens is 1. The van der Waals surface area contributed by atoms with Crippen LogP contribution >= 0.6 is 0 Å². The van der Waals surface area contributed by atoms with Crippen molar-refractivity contribution in [2.75, 3.05) is 0 Å². The van der Waals surface area contributed by atoms with E-state index < -0.39 is 5.60 Å². The molecule has 0 aliphatic carbocycles. The van der Waals surface area contributed by atoms with Crippen molar-refractivity contribution in [1.29, 1.82) is 0 Å². The van der Waals surface area contributed by atoms with E-state index in [1.165, 1.54) is 12.1 Å². The van der Waals surface area contributed by atoms with Crippen molar-refractivity contribution in [3.05, 3.63) is 71.0 Å². The molecule has 3 rings (SSSR count). The molecule has 1 unspecified atom stereocenters. The summed E-state index contributed by atoms with van der Waals surface area (Å²) >= 11 is 0. The van der Waals surface area contributed by atoms with Crippen molar-refractivity contribution in [1.82, 2.24) is 0 Å². The fourth-order valence-corrected chi connectivity index (χ4v) is 3.08. The van der Waals surface area contributed by atoms with Crippen LogP contribution in [0.1, 0.15) is 36.0 Å². The average molecular weight is 387 g/mol. The fraction of sp³-hybridized carbons (Fsp3) is 0.278. The Balaban J connectivity index is 0.00000192. The number of ether oxygens (including phenoxy) is 1. The Morgan fingerprint density at radius 2 is 2.04 bits per heavy atom. The molecule has 1 amide bonds. The van der Waals surface area contributed by atoms with Gasteiger partial charge >= 0.3 is 32.7 Å². The van der Waals surface area contributed by atoms with Gasteiger partial charge in [-0.1, -0.05) is 12.1 Å². The molecule has 2 N–H and O–H groups in total. The molecule has 114 valence electrons. The predicted molar refractivity (Wildman–Crippen MR) is 80.3 cm³/mol. The number of carbonyl (C=O) groups is 1. The van der Waals surface area contributed by atoms with Gasteiger partial charge in [0.15, 0.2) is 0 Å². The van der Waals surface area contributed by atoms with Crippen molar-refractivity contribution < 1.29 is 46.6 Å². The molecule has 23 heavy (non-hydrogen) atoms. The van der Waals surface area contributed by atoms with Crippen LogP contribution in [0.5, 0.6) is 0 Å². The van der Waals surface area contributed by atoms with Crippen molar-refractivity contribution in [3.63, 3.8) is 0 Å².